The number of nitrogens with zero attached hydrogens (tertiary/aromatic N) is 4. The predicted octanol–water partition coefficient (Wildman–Crippen LogP) is -0.585. The number of halogens is 2. The van der Waals surface area contributed by atoms with Gasteiger partial charge in [0.1, 0.15) is 17.7 Å². The molecule has 0 bridgehead atoms. The van der Waals surface area contributed by atoms with Crippen molar-refractivity contribution in [1.29, 1.82) is 0 Å². The predicted molar refractivity (Wildman–Crippen MR) is 75.6 cm³/mol. The van der Waals surface area contributed by atoms with E-state index in [-0.39, 0.29) is 17.4 Å². The Kier molecular flexibility index (Phi) is 3.34. The zero-order chi connectivity index (χ0) is 15.4. The lowest BCUT2D eigenvalue weighted by molar-refractivity contribution is -0.0434. The molecule has 1 saturated heterocycles. The number of aliphatic hydroxyl groups excluding tert-OH is 2. The summed E-state index contributed by atoms with van der Waals surface area (Å²) < 4.78 is 5.18. The van der Waals surface area contributed by atoms with Crippen LogP contribution in [0.4, 0.5) is 11.8 Å². The van der Waals surface area contributed by atoms with E-state index in [0.717, 1.165) is 0 Å². The standard InChI is InChI=1S/C10H12Cl2N6O3/c11-10(12)5(20)3(1-19)21-8(10)18-2-15-4-6(13)16-9(14)17-7(4)18/h2-3,5,8,19-20H,1H2,(H4,13,14,16,17). The molecule has 21 heavy (non-hydrogen) atoms. The van der Waals surface area contributed by atoms with Crippen LogP contribution in [-0.2, 0) is 4.74 Å². The summed E-state index contributed by atoms with van der Waals surface area (Å²) in [5.41, 5.74) is 11.8. The van der Waals surface area contributed by atoms with Gasteiger partial charge in [-0.2, -0.15) is 9.97 Å². The minimum absolute atomic E-state index is 0.0475. The van der Waals surface area contributed by atoms with Gasteiger partial charge in [0.2, 0.25) is 5.95 Å². The minimum Gasteiger partial charge on any atom is -0.394 e. The first kappa shape index (κ1) is 14.5. The molecule has 2 aromatic rings. The molecule has 2 aromatic heterocycles. The molecule has 1 fully saturated rings. The zero-order valence-electron chi connectivity index (χ0n) is 10.5. The van der Waals surface area contributed by atoms with Crippen molar-refractivity contribution in [2.75, 3.05) is 18.1 Å². The SMILES string of the molecule is Nc1nc(N)c2ncn(C3OC(CO)C(O)C3(Cl)Cl)c2n1. The number of hydrogen-bond donors (Lipinski definition) is 4. The molecule has 0 spiro atoms. The fourth-order valence-corrected chi connectivity index (χ4v) is 2.84. The second kappa shape index (κ2) is 4.82. The molecule has 0 aromatic carbocycles. The number of hydrogen-bond acceptors (Lipinski definition) is 8. The monoisotopic (exact) mass is 334 g/mol. The summed E-state index contributed by atoms with van der Waals surface area (Å²) in [7, 11) is 0. The van der Waals surface area contributed by atoms with Gasteiger partial charge >= 0.3 is 0 Å². The highest BCUT2D eigenvalue weighted by molar-refractivity contribution is 6.49. The van der Waals surface area contributed by atoms with Gasteiger partial charge in [-0.05, 0) is 0 Å². The quantitative estimate of drug-likeness (QED) is 0.533. The third-order valence-electron chi connectivity index (χ3n) is 3.28. The molecule has 3 atom stereocenters. The second-order valence-electron chi connectivity index (χ2n) is 4.62. The van der Waals surface area contributed by atoms with Gasteiger partial charge in [0, 0.05) is 0 Å². The molecular formula is C10H12Cl2N6O3. The Hall–Kier alpha value is -1.39. The first-order chi connectivity index (χ1) is 9.86. The lowest BCUT2D eigenvalue weighted by Crippen LogP contribution is -2.37. The van der Waals surface area contributed by atoms with E-state index in [1.807, 2.05) is 0 Å². The summed E-state index contributed by atoms with van der Waals surface area (Å²) >= 11 is 12.3. The molecule has 0 amide bonds. The highest BCUT2D eigenvalue weighted by Gasteiger charge is 2.55. The fraction of sp³-hybridized carbons (Fsp3) is 0.500. The number of nitrogen functional groups attached to an aromatic ring is 2. The number of imidazole rings is 1. The molecule has 3 rings (SSSR count). The van der Waals surface area contributed by atoms with Gasteiger partial charge in [0.05, 0.1) is 12.9 Å². The van der Waals surface area contributed by atoms with E-state index in [1.165, 1.54) is 10.9 Å². The summed E-state index contributed by atoms with van der Waals surface area (Å²) in [4.78, 5) is 11.9. The summed E-state index contributed by atoms with van der Waals surface area (Å²) in [6, 6.07) is 0. The number of rotatable bonds is 2. The van der Waals surface area contributed by atoms with Crippen LogP contribution in [0, 0.1) is 0 Å². The number of nitrogens with two attached hydrogens (primary N) is 2. The molecule has 11 heteroatoms. The van der Waals surface area contributed by atoms with Gasteiger partial charge in [-0.25, -0.2) is 4.98 Å². The Morgan fingerprint density at radius 2 is 2.10 bits per heavy atom. The average molecular weight is 335 g/mol. The maximum absolute atomic E-state index is 10.0. The molecule has 1 aliphatic rings. The average Bonchev–Trinajstić information content (AvgIpc) is 2.91. The van der Waals surface area contributed by atoms with Crippen molar-refractivity contribution in [3.8, 4) is 0 Å². The van der Waals surface area contributed by atoms with Crippen molar-refractivity contribution >= 4 is 46.1 Å². The summed E-state index contributed by atoms with van der Waals surface area (Å²) in [5.74, 6) is 0.0528. The lowest BCUT2D eigenvalue weighted by Gasteiger charge is -2.23. The van der Waals surface area contributed by atoms with Gasteiger partial charge in [0.25, 0.3) is 0 Å². The lowest BCUT2D eigenvalue weighted by atomic mass is 10.2. The van der Waals surface area contributed by atoms with Crippen LogP contribution in [0.1, 0.15) is 6.23 Å². The molecule has 6 N–H and O–H groups in total. The number of aliphatic hydroxyl groups is 2. The Morgan fingerprint density at radius 3 is 2.71 bits per heavy atom. The Morgan fingerprint density at radius 1 is 1.38 bits per heavy atom. The maximum Gasteiger partial charge on any atom is 0.224 e. The van der Waals surface area contributed by atoms with E-state index in [9.17, 15) is 10.2 Å². The van der Waals surface area contributed by atoms with Crippen molar-refractivity contribution in [3.63, 3.8) is 0 Å². The van der Waals surface area contributed by atoms with E-state index < -0.39 is 29.4 Å². The Balaban J connectivity index is 2.13. The number of ether oxygens (including phenoxy) is 1. The normalized spacial score (nSPS) is 28.3. The molecule has 9 nitrogen and oxygen atoms in total. The Bertz CT molecular complexity index is 693. The molecule has 3 heterocycles. The van der Waals surface area contributed by atoms with Gasteiger partial charge in [-0.15, -0.1) is 0 Å². The smallest absolute Gasteiger partial charge is 0.224 e. The van der Waals surface area contributed by atoms with Gasteiger partial charge in [-0.3, -0.25) is 4.57 Å². The zero-order valence-corrected chi connectivity index (χ0v) is 12.0. The molecule has 1 aliphatic heterocycles. The first-order valence-corrected chi connectivity index (χ1v) is 6.69. The van der Waals surface area contributed by atoms with Crippen LogP contribution < -0.4 is 11.5 Å². The molecule has 0 radical (unpaired) electrons. The van der Waals surface area contributed by atoms with E-state index in [0.29, 0.717) is 5.52 Å². The second-order valence-corrected chi connectivity index (χ2v) is 6.06. The van der Waals surface area contributed by atoms with E-state index >= 15 is 0 Å². The molecule has 0 aliphatic carbocycles. The highest BCUT2D eigenvalue weighted by Crippen LogP contribution is 2.47. The number of anilines is 2. The molecule has 0 saturated carbocycles. The number of alkyl halides is 2. The van der Waals surface area contributed by atoms with Crippen molar-refractivity contribution in [2.24, 2.45) is 0 Å². The number of fused-ring (bicyclic) bond motifs is 1. The third kappa shape index (κ3) is 2.09. The van der Waals surface area contributed by atoms with E-state index in [4.69, 9.17) is 39.4 Å². The highest BCUT2D eigenvalue weighted by atomic mass is 35.5. The van der Waals surface area contributed by atoms with Crippen molar-refractivity contribution in [2.45, 2.75) is 22.8 Å². The summed E-state index contributed by atoms with van der Waals surface area (Å²) in [5, 5.41) is 19.2. The molecular weight excluding hydrogens is 323 g/mol. The van der Waals surface area contributed by atoms with Crippen LogP contribution in [-0.4, -0.2) is 52.9 Å². The van der Waals surface area contributed by atoms with Crippen molar-refractivity contribution in [3.05, 3.63) is 6.33 Å². The van der Waals surface area contributed by atoms with Crippen LogP contribution in [0.15, 0.2) is 6.33 Å². The number of aromatic nitrogens is 4. The first-order valence-electron chi connectivity index (χ1n) is 5.94. The van der Waals surface area contributed by atoms with Crippen molar-refractivity contribution in [1.82, 2.24) is 19.5 Å². The largest absolute Gasteiger partial charge is 0.394 e. The molecule has 3 unspecified atom stereocenters. The van der Waals surface area contributed by atoms with Gasteiger partial charge in [0.15, 0.2) is 22.0 Å². The van der Waals surface area contributed by atoms with Crippen LogP contribution >= 0.6 is 23.2 Å². The van der Waals surface area contributed by atoms with Crippen LogP contribution in [0.5, 0.6) is 0 Å². The van der Waals surface area contributed by atoms with Gasteiger partial charge < -0.3 is 26.4 Å². The third-order valence-corrected chi connectivity index (χ3v) is 4.10. The maximum atomic E-state index is 10.0. The Labute approximate surface area is 128 Å². The van der Waals surface area contributed by atoms with E-state index in [1.54, 1.807) is 0 Å². The van der Waals surface area contributed by atoms with Gasteiger partial charge in [-0.1, -0.05) is 23.2 Å². The van der Waals surface area contributed by atoms with Crippen LogP contribution in [0.25, 0.3) is 11.2 Å². The summed E-state index contributed by atoms with van der Waals surface area (Å²) in [6.07, 6.45) is -1.89. The van der Waals surface area contributed by atoms with Crippen LogP contribution in [0.3, 0.4) is 0 Å². The topological polar surface area (TPSA) is 145 Å². The van der Waals surface area contributed by atoms with Crippen molar-refractivity contribution < 1.29 is 14.9 Å². The van der Waals surface area contributed by atoms with E-state index in [2.05, 4.69) is 15.0 Å². The van der Waals surface area contributed by atoms with Crippen LogP contribution in [0.2, 0.25) is 0 Å². The molecule has 114 valence electrons. The summed E-state index contributed by atoms with van der Waals surface area (Å²) in [6.45, 7) is -0.440. The minimum atomic E-state index is -1.70. The fourth-order valence-electron chi connectivity index (χ4n) is 2.25.